The molecule has 2 rings (SSSR count). The fraction of sp³-hybridized carbons (Fsp3) is 0.154. The molecule has 0 unspecified atom stereocenters. The second-order valence-corrected chi connectivity index (χ2v) is 5.60. The first-order valence-corrected chi connectivity index (χ1v) is 7.04. The maximum Gasteiger partial charge on any atom is 0.339 e. The minimum absolute atomic E-state index is 0.122. The van der Waals surface area contributed by atoms with Crippen molar-refractivity contribution < 1.29 is 19.4 Å². The largest absolute Gasteiger partial charge is 0.497 e. The van der Waals surface area contributed by atoms with Crippen LogP contribution >= 0.6 is 27.3 Å². The standard InChI is InChI=1S/C13H11BrO4S/c1-17-9-2-3-11(13(15)16)12(5-9)18-6-10-4-8(14)7-19-10/h2-5,7H,6H2,1H3,(H,15,16). The van der Waals surface area contributed by atoms with E-state index in [0.29, 0.717) is 18.1 Å². The number of carboxylic acid groups (broad SMARTS) is 1. The van der Waals surface area contributed by atoms with Crippen molar-refractivity contribution in [1.29, 1.82) is 0 Å². The number of aromatic carboxylic acids is 1. The maximum atomic E-state index is 11.1. The molecule has 0 saturated heterocycles. The van der Waals surface area contributed by atoms with E-state index in [9.17, 15) is 4.79 Å². The third-order valence-corrected chi connectivity index (χ3v) is 4.08. The first-order valence-electron chi connectivity index (χ1n) is 5.37. The number of carbonyl (C=O) groups is 1. The minimum Gasteiger partial charge on any atom is -0.497 e. The number of ether oxygens (including phenoxy) is 2. The molecular formula is C13H11BrO4S. The molecule has 4 nitrogen and oxygen atoms in total. The summed E-state index contributed by atoms with van der Waals surface area (Å²) < 4.78 is 11.6. The van der Waals surface area contributed by atoms with E-state index in [-0.39, 0.29) is 5.56 Å². The van der Waals surface area contributed by atoms with Crippen LogP contribution in [0.4, 0.5) is 0 Å². The molecule has 0 aliphatic heterocycles. The van der Waals surface area contributed by atoms with Gasteiger partial charge in [-0.25, -0.2) is 4.79 Å². The normalized spacial score (nSPS) is 10.2. The monoisotopic (exact) mass is 342 g/mol. The number of carboxylic acids is 1. The summed E-state index contributed by atoms with van der Waals surface area (Å²) in [5, 5.41) is 11.1. The van der Waals surface area contributed by atoms with Gasteiger partial charge < -0.3 is 14.6 Å². The fourth-order valence-corrected chi connectivity index (χ4v) is 2.87. The SMILES string of the molecule is COc1ccc(C(=O)O)c(OCc2cc(Br)cs2)c1. The van der Waals surface area contributed by atoms with Crippen LogP contribution in [0.3, 0.4) is 0 Å². The highest BCUT2D eigenvalue weighted by Gasteiger charge is 2.13. The van der Waals surface area contributed by atoms with Crippen LogP contribution < -0.4 is 9.47 Å². The average molecular weight is 343 g/mol. The molecule has 2 aromatic rings. The van der Waals surface area contributed by atoms with Gasteiger partial charge in [0.15, 0.2) is 0 Å². The molecule has 0 amide bonds. The highest BCUT2D eigenvalue weighted by atomic mass is 79.9. The van der Waals surface area contributed by atoms with Crippen molar-refractivity contribution in [1.82, 2.24) is 0 Å². The molecule has 1 heterocycles. The van der Waals surface area contributed by atoms with Crippen molar-refractivity contribution in [2.75, 3.05) is 7.11 Å². The van der Waals surface area contributed by atoms with Crippen LogP contribution in [-0.4, -0.2) is 18.2 Å². The first kappa shape index (κ1) is 13.9. The Hall–Kier alpha value is -1.53. The molecule has 1 aromatic heterocycles. The van der Waals surface area contributed by atoms with E-state index in [1.165, 1.54) is 13.2 Å². The Morgan fingerprint density at radius 2 is 2.21 bits per heavy atom. The van der Waals surface area contributed by atoms with Gasteiger partial charge in [0.05, 0.1) is 7.11 Å². The maximum absolute atomic E-state index is 11.1. The van der Waals surface area contributed by atoms with Gasteiger partial charge in [-0.05, 0) is 34.1 Å². The second-order valence-electron chi connectivity index (χ2n) is 3.69. The van der Waals surface area contributed by atoms with Gasteiger partial charge >= 0.3 is 5.97 Å². The molecule has 0 atom stereocenters. The lowest BCUT2D eigenvalue weighted by Gasteiger charge is -2.09. The smallest absolute Gasteiger partial charge is 0.339 e. The fourth-order valence-electron chi connectivity index (χ4n) is 1.50. The van der Waals surface area contributed by atoms with E-state index in [0.717, 1.165) is 9.35 Å². The lowest BCUT2D eigenvalue weighted by atomic mass is 10.2. The zero-order valence-electron chi connectivity index (χ0n) is 10.1. The van der Waals surface area contributed by atoms with Gasteiger partial charge in [0, 0.05) is 20.8 Å². The first-order chi connectivity index (χ1) is 9.10. The lowest BCUT2D eigenvalue weighted by molar-refractivity contribution is 0.0692. The Kier molecular flexibility index (Phi) is 4.44. The Morgan fingerprint density at radius 1 is 1.42 bits per heavy atom. The third-order valence-electron chi connectivity index (χ3n) is 2.41. The van der Waals surface area contributed by atoms with Gasteiger partial charge in [0.2, 0.25) is 0 Å². The van der Waals surface area contributed by atoms with Crippen molar-refractivity contribution in [3.8, 4) is 11.5 Å². The summed E-state index contributed by atoms with van der Waals surface area (Å²) in [7, 11) is 1.52. The van der Waals surface area contributed by atoms with Crippen LogP contribution in [0, 0.1) is 0 Å². The Labute approximate surface area is 122 Å². The van der Waals surface area contributed by atoms with Crippen molar-refractivity contribution in [2.45, 2.75) is 6.61 Å². The molecule has 0 bridgehead atoms. The number of rotatable bonds is 5. The van der Waals surface area contributed by atoms with Crippen molar-refractivity contribution in [2.24, 2.45) is 0 Å². The highest BCUT2D eigenvalue weighted by Crippen LogP contribution is 2.27. The molecule has 0 spiro atoms. The summed E-state index contributed by atoms with van der Waals surface area (Å²) in [5.74, 6) is -0.159. The van der Waals surface area contributed by atoms with E-state index >= 15 is 0 Å². The van der Waals surface area contributed by atoms with E-state index < -0.39 is 5.97 Å². The topological polar surface area (TPSA) is 55.8 Å². The van der Waals surface area contributed by atoms with E-state index in [1.807, 2.05) is 11.4 Å². The molecule has 0 aliphatic carbocycles. The van der Waals surface area contributed by atoms with Crippen LogP contribution in [-0.2, 0) is 6.61 Å². The van der Waals surface area contributed by atoms with Gasteiger partial charge in [-0.2, -0.15) is 0 Å². The summed E-state index contributed by atoms with van der Waals surface area (Å²) in [6.45, 7) is 0.323. The summed E-state index contributed by atoms with van der Waals surface area (Å²) in [4.78, 5) is 12.1. The number of thiophene rings is 1. The quantitative estimate of drug-likeness (QED) is 0.897. The average Bonchev–Trinajstić information content (AvgIpc) is 2.81. The molecule has 0 saturated carbocycles. The van der Waals surface area contributed by atoms with Crippen LogP contribution in [0.2, 0.25) is 0 Å². The molecule has 19 heavy (non-hydrogen) atoms. The number of benzene rings is 1. The molecule has 1 N–H and O–H groups in total. The second kappa shape index (κ2) is 6.08. The molecule has 6 heteroatoms. The van der Waals surface area contributed by atoms with Crippen LogP contribution in [0.15, 0.2) is 34.1 Å². The lowest BCUT2D eigenvalue weighted by Crippen LogP contribution is -2.03. The zero-order chi connectivity index (χ0) is 13.8. The van der Waals surface area contributed by atoms with Gasteiger partial charge in [-0.15, -0.1) is 11.3 Å². The highest BCUT2D eigenvalue weighted by molar-refractivity contribution is 9.10. The molecule has 0 fully saturated rings. The summed E-state index contributed by atoms with van der Waals surface area (Å²) in [6.07, 6.45) is 0. The number of methoxy groups -OCH3 is 1. The molecule has 100 valence electrons. The third kappa shape index (κ3) is 3.48. The minimum atomic E-state index is -1.02. The zero-order valence-corrected chi connectivity index (χ0v) is 12.5. The van der Waals surface area contributed by atoms with Gasteiger partial charge in [-0.3, -0.25) is 0 Å². The number of hydrogen-bond donors (Lipinski definition) is 1. The number of halogens is 1. The Bertz CT molecular complexity index is 594. The molecule has 0 aliphatic rings. The van der Waals surface area contributed by atoms with Crippen molar-refractivity contribution in [3.63, 3.8) is 0 Å². The number of hydrogen-bond acceptors (Lipinski definition) is 4. The summed E-state index contributed by atoms with van der Waals surface area (Å²) >= 11 is 4.90. The summed E-state index contributed by atoms with van der Waals surface area (Å²) in [5.41, 5.74) is 0.122. The molecule has 0 radical (unpaired) electrons. The van der Waals surface area contributed by atoms with E-state index in [1.54, 1.807) is 23.5 Å². The van der Waals surface area contributed by atoms with Crippen LogP contribution in [0.5, 0.6) is 11.5 Å². The van der Waals surface area contributed by atoms with Crippen molar-refractivity contribution >= 4 is 33.2 Å². The van der Waals surface area contributed by atoms with Gasteiger partial charge in [-0.1, -0.05) is 0 Å². The summed E-state index contributed by atoms with van der Waals surface area (Å²) in [6, 6.07) is 6.58. The van der Waals surface area contributed by atoms with E-state index in [4.69, 9.17) is 14.6 Å². The van der Waals surface area contributed by atoms with Crippen molar-refractivity contribution in [3.05, 3.63) is 44.6 Å². The Morgan fingerprint density at radius 3 is 2.79 bits per heavy atom. The van der Waals surface area contributed by atoms with Crippen LogP contribution in [0.25, 0.3) is 0 Å². The van der Waals surface area contributed by atoms with Gasteiger partial charge in [0.1, 0.15) is 23.7 Å². The predicted molar refractivity (Wildman–Crippen MR) is 76.3 cm³/mol. The van der Waals surface area contributed by atoms with Crippen LogP contribution in [0.1, 0.15) is 15.2 Å². The predicted octanol–water partition coefficient (Wildman–Crippen LogP) is 3.80. The Balaban J connectivity index is 2.19. The molecule has 1 aromatic carbocycles. The van der Waals surface area contributed by atoms with E-state index in [2.05, 4.69) is 15.9 Å². The van der Waals surface area contributed by atoms with Gasteiger partial charge in [0.25, 0.3) is 0 Å². The molecular weight excluding hydrogens is 332 g/mol.